The molecule has 0 spiro atoms. The fraction of sp³-hybridized carbons (Fsp3) is 0.667. The van der Waals surface area contributed by atoms with E-state index in [9.17, 15) is 9.59 Å². The van der Waals surface area contributed by atoms with Crippen LogP contribution in [0, 0.1) is 5.92 Å². The van der Waals surface area contributed by atoms with Crippen molar-refractivity contribution in [2.24, 2.45) is 11.8 Å². The van der Waals surface area contributed by atoms with Gasteiger partial charge in [-0.15, -0.1) is 0 Å². The molecule has 0 fully saturated rings. The number of hydrazine groups is 1. The van der Waals surface area contributed by atoms with Crippen molar-refractivity contribution in [1.29, 1.82) is 0 Å². The number of nitrogens with two attached hydrogens (primary N) is 1. The van der Waals surface area contributed by atoms with Gasteiger partial charge in [0.05, 0.1) is 0 Å². The van der Waals surface area contributed by atoms with Crippen LogP contribution in [0.5, 0.6) is 0 Å². The average molecular weight is 175 g/mol. The van der Waals surface area contributed by atoms with Crippen molar-refractivity contribution in [2.45, 2.75) is 19.9 Å². The van der Waals surface area contributed by atoms with Crippen molar-refractivity contribution in [3.05, 3.63) is 0 Å². The molecule has 1 atom stereocenters. The van der Waals surface area contributed by atoms with Gasteiger partial charge in [0.15, 0.2) is 0 Å². The summed E-state index contributed by atoms with van der Waals surface area (Å²) in [5, 5.41) is 10.4. The summed E-state index contributed by atoms with van der Waals surface area (Å²) in [6.45, 7) is 3.44. The Morgan fingerprint density at radius 3 is 2.17 bits per heavy atom. The molecule has 1 unspecified atom stereocenters. The number of nitrogens with one attached hydrogen (secondary N) is 2. The third-order valence-electron chi connectivity index (χ3n) is 1.37. The van der Waals surface area contributed by atoms with Gasteiger partial charge in [-0.1, -0.05) is 13.8 Å². The van der Waals surface area contributed by atoms with E-state index in [2.05, 4.69) is 5.32 Å². The first-order valence-electron chi connectivity index (χ1n) is 3.49. The second kappa shape index (κ2) is 4.55. The molecule has 0 aliphatic carbocycles. The topological polar surface area (TPSA) is 104 Å². The van der Waals surface area contributed by atoms with Crippen LogP contribution in [-0.2, 0) is 4.79 Å². The molecule has 0 saturated heterocycles. The summed E-state index contributed by atoms with van der Waals surface area (Å²) >= 11 is 0. The monoisotopic (exact) mass is 175 g/mol. The summed E-state index contributed by atoms with van der Waals surface area (Å²) in [7, 11) is 0. The van der Waals surface area contributed by atoms with E-state index in [0.29, 0.717) is 0 Å². The molecule has 6 heteroatoms. The summed E-state index contributed by atoms with van der Waals surface area (Å²) < 4.78 is 0. The van der Waals surface area contributed by atoms with Crippen LogP contribution in [-0.4, -0.2) is 23.1 Å². The molecule has 0 aromatic carbocycles. The molecular weight excluding hydrogens is 162 g/mol. The number of carbonyl (C=O) groups excluding carboxylic acids is 1. The first-order valence-corrected chi connectivity index (χ1v) is 3.49. The third-order valence-corrected chi connectivity index (χ3v) is 1.37. The summed E-state index contributed by atoms with van der Waals surface area (Å²) in [6, 6.07) is -0.799. The van der Waals surface area contributed by atoms with Crippen molar-refractivity contribution in [3.63, 3.8) is 0 Å². The summed E-state index contributed by atoms with van der Waals surface area (Å²) in [5.41, 5.74) is 1.89. The van der Waals surface area contributed by atoms with E-state index in [4.69, 9.17) is 10.9 Å². The number of rotatable bonds is 3. The zero-order chi connectivity index (χ0) is 9.72. The van der Waals surface area contributed by atoms with Crippen LogP contribution in [0.15, 0.2) is 0 Å². The molecule has 5 N–H and O–H groups in total. The van der Waals surface area contributed by atoms with Gasteiger partial charge in [-0.05, 0) is 5.92 Å². The zero-order valence-electron chi connectivity index (χ0n) is 7.00. The van der Waals surface area contributed by atoms with Gasteiger partial charge in [0.1, 0.15) is 6.04 Å². The van der Waals surface area contributed by atoms with E-state index < -0.39 is 18.0 Å². The molecule has 0 aliphatic rings. The highest BCUT2D eigenvalue weighted by atomic mass is 16.4. The number of hydrogen-bond acceptors (Lipinski definition) is 3. The van der Waals surface area contributed by atoms with Crippen molar-refractivity contribution < 1.29 is 14.7 Å². The maximum absolute atomic E-state index is 10.9. The van der Waals surface area contributed by atoms with Gasteiger partial charge >= 0.3 is 6.09 Å². The van der Waals surface area contributed by atoms with Crippen LogP contribution in [0.3, 0.4) is 0 Å². The Morgan fingerprint density at radius 1 is 1.42 bits per heavy atom. The molecule has 0 bridgehead atoms. The summed E-state index contributed by atoms with van der Waals surface area (Å²) in [4.78, 5) is 21.1. The average Bonchev–Trinajstić information content (AvgIpc) is 1.98. The highest BCUT2D eigenvalue weighted by Gasteiger charge is 2.22. The molecule has 0 heterocycles. The van der Waals surface area contributed by atoms with Gasteiger partial charge < -0.3 is 10.4 Å². The molecule has 2 amide bonds. The highest BCUT2D eigenvalue weighted by molar-refractivity contribution is 5.84. The quantitative estimate of drug-likeness (QED) is 0.258. The number of amides is 2. The second-order valence-electron chi connectivity index (χ2n) is 2.68. The standard InChI is InChI=1S/C6H13N3O3/c1-3(2)4(5(10)9-7)8-6(11)12/h3-4,8H,7H2,1-2H3,(H,9,10)(H,11,12). The summed E-state index contributed by atoms with van der Waals surface area (Å²) in [5.74, 6) is 4.18. The molecule has 0 aromatic rings. The molecule has 12 heavy (non-hydrogen) atoms. The molecule has 0 radical (unpaired) electrons. The number of carboxylic acid groups (broad SMARTS) is 1. The molecule has 0 aromatic heterocycles. The predicted octanol–water partition coefficient (Wildman–Crippen LogP) is -0.731. The smallest absolute Gasteiger partial charge is 0.405 e. The molecule has 70 valence electrons. The lowest BCUT2D eigenvalue weighted by molar-refractivity contribution is -0.124. The number of carbonyl (C=O) groups is 2. The second-order valence-corrected chi connectivity index (χ2v) is 2.68. The minimum atomic E-state index is -1.24. The molecule has 0 aliphatic heterocycles. The number of hydrogen-bond donors (Lipinski definition) is 4. The van der Waals surface area contributed by atoms with Gasteiger partial charge in [0, 0.05) is 0 Å². The minimum Gasteiger partial charge on any atom is -0.465 e. The minimum absolute atomic E-state index is 0.135. The molecule has 0 saturated carbocycles. The maximum Gasteiger partial charge on any atom is 0.405 e. The predicted molar refractivity (Wildman–Crippen MR) is 42.1 cm³/mol. The normalized spacial score (nSPS) is 12.3. The lowest BCUT2D eigenvalue weighted by Gasteiger charge is -2.18. The fourth-order valence-corrected chi connectivity index (χ4v) is 0.758. The first-order chi connectivity index (χ1) is 5.49. The Kier molecular flexibility index (Phi) is 4.06. The Labute approximate surface area is 70.1 Å². The summed E-state index contributed by atoms with van der Waals surface area (Å²) in [6.07, 6.45) is -1.24. The van der Waals surface area contributed by atoms with Crippen molar-refractivity contribution >= 4 is 12.0 Å². The Balaban J connectivity index is 4.23. The van der Waals surface area contributed by atoms with Gasteiger partial charge in [0.25, 0.3) is 5.91 Å². The first kappa shape index (κ1) is 10.7. The van der Waals surface area contributed by atoms with Gasteiger partial charge in [-0.2, -0.15) is 0 Å². The van der Waals surface area contributed by atoms with Crippen LogP contribution in [0.1, 0.15) is 13.8 Å². The lowest BCUT2D eigenvalue weighted by Crippen LogP contribution is -2.51. The molecule has 6 nitrogen and oxygen atoms in total. The largest absolute Gasteiger partial charge is 0.465 e. The van der Waals surface area contributed by atoms with E-state index in [1.54, 1.807) is 13.8 Å². The Hall–Kier alpha value is -1.30. The van der Waals surface area contributed by atoms with E-state index in [-0.39, 0.29) is 5.92 Å². The SMILES string of the molecule is CC(C)C(NC(=O)O)C(=O)NN. The Bertz CT molecular complexity index is 181. The highest BCUT2D eigenvalue weighted by Crippen LogP contribution is 2.00. The molecular formula is C6H13N3O3. The van der Waals surface area contributed by atoms with Crippen molar-refractivity contribution in [1.82, 2.24) is 10.7 Å². The van der Waals surface area contributed by atoms with Crippen LogP contribution in [0.4, 0.5) is 4.79 Å². The maximum atomic E-state index is 10.9. The van der Waals surface area contributed by atoms with Crippen LogP contribution >= 0.6 is 0 Å². The van der Waals surface area contributed by atoms with Crippen LogP contribution in [0.25, 0.3) is 0 Å². The molecule has 0 rings (SSSR count). The fourth-order valence-electron chi connectivity index (χ4n) is 0.758. The van der Waals surface area contributed by atoms with Gasteiger partial charge in [-0.3, -0.25) is 10.2 Å². The third kappa shape index (κ3) is 3.20. The van der Waals surface area contributed by atoms with Gasteiger partial charge in [0.2, 0.25) is 0 Å². The van der Waals surface area contributed by atoms with Crippen LogP contribution in [0.2, 0.25) is 0 Å². The zero-order valence-corrected chi connectivity index (χ0v) is 7.00. The van der Waals surface area contributed by atoms with Crippen molar-refractivity contribution in [2.75, 3.05) is 0 Å². The van der Waals surface area contributed by atoms with Crippen molar-refractivity contribution in [3.8, 4) is 0 Å². The van der Waals surface area contributed by atoms with Gasteiger partial charge in [-0.25, -0.2) is 10.6 Å². The van der Waals surface area contributed by atoms with E-state index in [1.165, 1.54) is 0 Å². The van der Waals surface area contributed by atoms with E-state index >= 15 is 0 Å². The van der Waals surface area contributed by atoms with Crippen LogP contribution < -0.4 is 16.6 Å². The lowest BCUT2D eigenvalue weighted by atomic mass is 10.0. The Morgan fingerprint density at radius 2 is 1.92 bits per heavy atom. The van der Waals surface area contributed by atoms with E-state index in [0.717, 1.165) is 0 Å². The van der Waals surface area contributed by atoms with E-state index in [1.807, 2.05) is 5.43 Å².